The Morgan fingerprint density at radius 3 is 2.10 bits per heavy atom. The number of alkyl halides is 3. The minimum atomic E-state index is -4.82. The van der Waals surface area contributed by atoms with Crippen molar-refractivity contribution in [3.63, 3.8) is 0 Å². The molecule has 0 atom stereocenters. The van der Waals surface area contributed by atoms with Crippen molar-refractivity contribution in [1.29, 1.82) is 0 Å². The van der Waals surface area contributed by atoms with E-state index in [4.69, 9.17) is 0 Å². The molecule has 0 fully saturated rings. The summed E-state index contributed by atoms with van der Waals surface area (Å²) in [6, 6.07) is 19.4. The van der Waals surface area contributed by atoms with Crippen LogP contribution in [0, 0.1) is 6.92 Å². The summed E-state index contributed by atoms with van der Waals surface area (Å²) in [6.07, 6.45) is -4.82. The molecule has 160 valence electrons. The largest absolute Gasteiger partial charge is 0.434 e. The summed E-state index contributed by atoms with van der Waals surface area (Å²) in [4.78, 5) is 18.3. The van der Waals surface area contributed by atoms with Gasteiger partial charge < -0.3 is 4.90 Å². The van der Waals surface area contributed by atoms with Crippen LogP contribution < -0.4 is 10.3 Å². The molecule has 0 aliphatic heterocycles. The van der Waals surface area contributed by atoms with Crippen molar-refractivity contribution >= 4 is 17.2 Å². The van der Waals surface area contributed by atoms with Crippen molar-refractivity contribution in [2.75, 3.05) is 11.9 Å². The second-order valence-corrected chi connectivity index (χ2v) is 7.09. The molecule has 0 saturated carbocycles. The van der Waals surface area contributed by atoms with E-state index < -0.39 is 22.9 Å². The number of aliphatic imine (C=N–C) groups is 1. The van der Waals surface area contributed by atoms with E-state index in [2.05, 4.69) is 11.6 Å². The first kappa shape index (κ1) is 22.1. The lowest BCUT2D eigenvalue weighted by Gasteiger charge is -2.27. The van der Waals surface area contributed by atoms with Gasteiger partial charge in [0.1, 0.15) is 5.82 Å². The Labute approximate surface area is 178 Å². The lowest BCUT2D eigenvalue weighted by Crippen LogP contribution is -2.33. The van der Waals surface area contributed by atoms with Crippen molar-refractivity contribution in [3.8, 4) is 5.69 Å². The molecule has 0 spiro atoms. The van der Waals surface area contributed by atoms with Crippen molar-refractivity contribution in [1.82, 2.24) is 4.57 Å². The fourth-order valence-electron chi connectivity index (χ4n) is 3.39. The predicted molar refractivity (Wildman–Crippen MR) is 119 cm³/mol. The highest BCUT2D eigenvalue weighted by atomic mass is 19.4. The smallest absolute Gasteiger partial charge is 0.330 e. The lowest BCUT2D eigenvalue weighted by atomic mass is 10.1. The summed E-state index contributed by atoms with van der Waals surface area (Å²) in [6.45, 7) is 6.30. The van der Waals surface area contributed by atoms with Gasteiger partial charge in [0.05, 0.1) is 5.56 Å². The maximum atomic E-state index is 13.9. The fourth-order valence-corrected chi connectivity index (χ4v) is 3.39. The van der Waals surface area contributed by atoms with Crippen molar-refractivity contribution in [3.05, 3.63) is 100 Å². The average molecular weight is 425 g/mol. The number of benzene rings is 2. The second-order valence-electron chi connectivity index (χ2n) is 7.09. The molecule has 0 saturated heterocycles. The number of rotatable bonds is 5. The Hall–Kier alpha value is -3.61. The number of anilines is 2. The average Bonchev–Trinajstić information content (AvgIpc) is 2.72. The first-order chi connectivity index (χ1) is 14.6. The number of para-hydroxylation sites is 2. The summed E-state index contributed by atoms with van der Waals surface area (Å²) in [7, 11) is 1.76. The van der Waals surface area contributed by atoms with Gasteiger partial charge >= 0.3 is 6.18 Å². The zero-order valence-corrected chi connectivity index (χ0v) is 17.4. The summed E-state index contributed by atoms with van der Waals surface area (Å²) >= 11 is 0. The van der Waals surface area contributed by atoms with Gasteiger partial charge in [-0.25, -0.2) is 4.99 Å². The molecule has 7 heteroatoms. The summed E-state index contributed by atoms with van der Waals surface area (Å²) in [5, 5.41) is 0. The molecule has 31 heavy (non-hydrogen) atoms. The zero-order chi connectivity index (χ0) is 22.8. The van der Waals surface area contributed by atoms with Gasteiger partial charge in [0.2, 0.25) is 0 Å². The summed E-state index contributed by atoms with van der Waals surface area (Å²) in [5.74, 6) is 0.431. The van der Waals surface area contributed by atoms with Gasteiger partial charge in [-0.15, -0.1) is 0 Å². The normalized spacial score (nSPS) is 12.0. The molecule has 0 amide bonds. The number of allylic oxidation sites excluding steroid dienone is 1. The number of hydrogen-bond donors (Lipinski definition) is 0. The Kier molecular flexibility index (Phi) is 6.15. The molecule has 2 aromatic carbocycles. The van der Waals surface area contributed by atoms with E-state index >= 15 is 0 Å². The maximum absolute atomic E-state index is 13.9. The van der Waals surface area contributed by atoms with Crippen LogP contribution in [-0.4, -0.2) is 23.5 Å². The molecule has 1 aromatic heterocycles. The van der Waals surface area contributed by atoms with E-state index in [9.17, 15) is 18.0 Å². The minimum absolute atomic E-state index is 0.0390. The van der Waals surface area contributed by atoms with E-state index in [1.54, 1.807) is 40.8 Å². The van der Waals surface area contributed by atoms with E-state index in [1.807, 2.05) is 36.4 Å². The molecule has 3 rings (SSSR count). The van der Waals surface area contributed by atoms with Crippen molar-refractivity contribution < 1.29 is 13.2 Å². The van der Waals surface area contributed by atoms with Crippen molar-refractivity contribution in [2.24, 2.45) is 4.99 Å². The highest BCUT2D eigenvalue weighted by molar-refractivity contribution is 6.06. The third kappa shape index (κ3) is 4.60. The van der Waals surface area contributed by atoms with Gasteiger partial charge in [0, 0.05) is 35.9 Å². The van der Waals surface area contributed by atoms with Crippen LogP contribution in [0.15, 0.2) is 88.8 Å². The number of aromatic nitrogens is 1. The quantitative estimate of drug-likeness (QED) is 0.485. The van der Waals surface area contributed by atoms with E-state index in [1.165, 1.54) is 19.9 Å². The molecular formula is C24H22F3N3O. The van der Waals surface area contributed by atoms with Crippen LogP contribution in [0.3, 0.4) is 0 Å². The SMILES string of the molecule is C=C(C)N=C(c1c(C)n(-c2ccccc2)c(N(C)c2ccccc2)cc1=O)C(F)(F)F. The molecule has 0 bridgehead atoms. The molecule has 4 nitrogen and oxygen atoms in total. The van der Waals surface area contributed by atoms with Gasteiger partial charge in [-0.05, 0) is 38.1 Å². The number of pyridine rings is 1. The maximum Gasteiger partial charge on any atom is 0.434 e. The summed E-state index contributed by atoms with van der Waals surface area (Å²) in [5.41, 5.74) is -1.01. The molecule has 0 unspecified atom stereocenters. The Morgan fingerprint density at radius 2 is 1.58 bits per heavy atom. The predicted octanol–water partition coefficient (Wildman–Crippen LogP) is 5.80. The zero-order valence-electron chi connectivity index (χ0n) is 17.4. The Bertz CT molecular complexity index is 1180. The Morgan fingerprint density at radius 1 is 1.03 bits per heavy atom. The van der Waals surface area contributed by atoms with E-state index in [-0.39, 0.29) is 11.4 Å². The third-order valence-corrected chi connectivity index (χ3v) is 4.74. The van der Waals surface area contributed by atoms with Crippen LogP contribution in [0.5, 0.6) is 0 Å². The Balaban J connectivity index is 2.38. The van der Waals surface area contributed by atoms with Crippen LogP contribution in [-0.2, 0) is 0 Å². The molecule has 0 aliphatic carbocycles. The standard InChI is InChI=1S/C24H22F3N3O/c1-16(2)28-23(24(25,26)27)22-17(3)30(19-13-9-6-10-14-19)21(15-20(22)31)29(4)18-11-7-5-8-12-18/h5-15H,1H2,2-4H3. The first-order valence-corrected chi connectivity index (χ1v) is 9.54. The topological polar surface area (TPSA) is 37.6 Å². The highest BCUT2D eigenvalue weighted by Crippen LogP contribution is 2.30. The fraction of sp³-hybridized carbons (Fsp3) is 0.167. The van der Waals surface area contributed by atoms with Gasteiger partial charge in [-0.1, -0.05) is 43.0 Å². The minimum Gasteiger partial charge on any atom is -0.330 e. The third-order valence-electron chi connectivity index (χ3n) is 4.74. The van der Waals surface area contributed by atoms with Gasteiger partial charge in [0.15, 0.2) is 11.1 Å². The van der Waals surface area contributed by atoms with Crippen LogP contribution in [0.2, 0.25) is 0 Å². The monoisotopic (exact) mass is 425 g/mol. The van der Waals surface area contributed by atoms with Crippen LogP contribution in [0.1, 0.15) is 18.2 Å². The molecule has 1 heterocycles. The van der Waals surface area contributed by atoms with Gasteiger partial charge in [-0.2, -0.15) is 13.2 Å². The first-order valence-electron chi connectivity index (χ1n) is 9.54. The molecule has 0 radical (unpaired) electrons. The van der Waals surface area contributed by atoms with Crippen LogP contribution >= 0.6 is 0 Å². The molecule has 0 N–H and O–H groups in total. The molecule has 0 aliphatic rings. The molecule has 3 aromatic rings. The molecular weight excluding hydrogens is 403 g/mol. The number of nitrogens with zero attached hydrogens (tertiary/aromatic N) is 3. The van der Waals surface area contributed by atoms with Crippen LogP contribution in [0.4, 0.5) is 24.7 Å². The van der Waals surface area contributed by atoms with Crippen LogP contribution in [0.25, 0.3) is 5.69 Å². The van der Waals surface area contributed by atoms with E-state index in [0.29, 0.717) is 11.5 Å². The van der Waals surface area contributed by atoms with E-state index in [0.717, 1.165) is 5.69 Å². The number of halogens is 3. The second kappa shape index (κ2) is 8.63. The van der Waals surface area contributed by atoms with Gasteiger partial charge in [0.25, 0.3) is 0 Å². The van der Waals surface area contributed by atoms with Crippen molar-refractivity contribution in [2.45, 2.75) is 20.0 Å². The highest BCUT2D eigenvalue weighted by Gasteiger charge is 2.40. The summed E-state index contributed by atoms with van der Waals surface area (Å²) < 4.78 is 43.2. The lowest BCUT2D eigenvalue weighted by molar-refractivity contribution is -0.0581. The number of hydrogen-bond acceptors (Lipinski definition) is 3. The van der Waals surface area contributed by atoms with Gasteiger partial charge in [-0.3, -0.25) is 9.36 Å².